The third-order valence-corrected chi connectivity index (χ3v) is 3.47. The first-order valence-corrected chi connectivity index (χ1v) is 5.84. The summed E-state index contributed by atoms with van der Waals surface area (Å²) < 4.78 is 0. The maximum atomic E-state index is 11.2. The van der Waals surface area contributed by atoms with Crippen LogP contribution in [0.3, 0.4) is 0 Å². The number of rotatable bonds is 3. The zero-order valence-electron chi connectivity index (χ0n) is 9.35. The molecule has 1 atom stereocenters. The minimum absolute atomic E-state index is 0.212. The van der Waals surface area contributed by atoms with Crippen LogP contribution in [0, 0.1) is 5.92 Å². The van der Waals surface area contributed by atoms with E-state index >= 15 is 0 Å². The van der Waals surface area contributed by atoms with Crippen molar-refractivity contribution in [2.75, 3.05) is 33.2 Å². The molecule has 0 aromatic carbocycles. The fraction of sp³-hybridized carbons (Fsp3) is 0.909. The van der Waals surface area contributed by atoms with Gasteiger partial charge in [0.2, 0.25) is 0 Å². The number of hydrogen-bond donors (Lipinski definition) is 1. The highest BCUT2D eigenvalue weighted by Crippen LogP contribution is 2.35. The molecule has 1 aliphatic heterocycles. The van der Waals surface area contributed by atoms with E-state index in [1.165, 1.54) is 0 Å². The Morgan fingerprint density at radius 3 is 2.60 bits per heavy atom. The maximum Gasteiger partial charge on any atom is 0.321 e. The van der Waals surface area contributed by atoms with Crippen LogP contribution in [-0.4, -0.2) is 60.1 Å². The van der Waals surface area contributed by atoms with Crippen molar-refractivity contribution in [3.8, 4) is 0 Å². The third kappa shape index (κ3) is 2.69. The molecule has 0 amide bonds. The lowest BCUT2D eigenvalue weighted by Gasteiger charge is -2.27. The summed E-state index contributed by atoms with van der Waals surface area (Å²) >= 11 is 0. The minimum Gasteiger partial charge on any atom is -0.480 e. The molecule has 1 unspecified atom stereocenters. The van der Waals surface area contributed by atoms with Crippen LogP contribution < -0.4 is 0 Å². The zero-order chi connectivity index (χ0) is 10.8. The van der Waals surface area contributed by atoms with Gasteiger partial charge < -0.3 is 10.0 Å². The van der Waals surface area contributed by atoms with Gasteiger partial charge in [-0.25, -0.2) is 0 Å². The van der Waals surface area contributed by atoms with Crippen molar-refractivity contribution in [2.24, 2.45) is 5.92 Å². The average Bonchev–Trinajstić information content (AvgIpc) is 2.96. The van der Waals surface area contributed by atoms with Crippen LogP contribution in [0.5, 0.6) is 0 Å². The molecule has 1 aliphatic carbocycles. The molecule has 0 radical (unpaired) electrons. The summed E-state index contributed by atoms with van der Waals surface area (Å²) in [5, 5.41) is 9.24. The summed E-state index contributed by atoms with van der Waals surface area (Å²) in [5.74, 6) is -0.201. The van der Waals surface area contributed by atoms with Crippen molar-refractivity contribution in [1.82, 2.24) is 9.80 Å². The Balaban J connectivity index is 1.97. The SMILES string of the molecule is CN1CCCN(C(C(=O)O)C2CC2)CC1. The molecular weight excluding hydrogens is 192 g/mol. The summed E-state index contributed by atoms with van der Waals surface area (Å²) in [7, 11) is 2.11. The summed E-state index contributed by atoms with van der Waals surface area (Å²) in [4.78, 5) is 15.7. The van der Waals surface area contributed by atoms with Crippen LogP contribution in [0.4, 0.5) is 0 Å². The maximum absolute atomic E-state index is 11.2. The number of carboxylic acid groups (broad SMARTS) is 1. The topological polar surface area (TPSA) is 43.8 Å². The normalized spacial score (nSPS) is 27.3. The summed E-state index contributed by atoms with van der Waals surface area (Å²) in [6.07, 6.45) is 3.29. The van der Waals surface area contributed by atoms with Gasteiger partial charge in [-0.05, 0) is 38.8 Å². The van der Waals surface area contributed by atoms with E-state index in [0.717, 1.165) is 45.4 Å². The standard InChI is InChI=1S/C11H20N2O2/c1-12-5-2-6-13(8-7-12)10(11(14)15)9-3-4-9/h9-10H,2-8H2,1H3,(H,14,15). The zero-order valence-corrected chi connectivity index (χ0v) is 9.35. The molecule has 1 saturated carbocycles. The lowest BCUT2D eigenvalue weighted by atomic mass is 10.1. The van der Waals surface area contributed by atoms with Gasteiger partial charge in [-0.15, -0.1) is 0 Å². The van der Waals surface area contributed by atoms with Gasteiger partial charge >= 0.3 is 5.97 Å². The summed E-state index contributed by atoms with van der Waals surface area (Å²) in [5.41, 5.74) is 0. The fourth-order valence-corrected chi connectivity index (χ4v) is 2.41. The van der Waals surface area contributed by atoms with Crippen molar-refractivity contribution in [3.05, 3.63) is 0 Å². The Kier molecular flexibility index (Phi) is 3.26. The van der Waals surface area contributed by atoms with Crippen LogP contribution in [0.25, 0.3) is 0 Å². The smallest absolute Gasteiger partial charge is 0.321 e. The van der Waals surface area contributed by atoms with Crippen molar-refractivity contribution in [2.45, 2.75) is 25.3 Å². The number of carboxylic acids is 1. The van der Waals surface area contributed by atoms with E-state index in [0.29, 0.717) is 5.92 Å². The molecule has 86 valence electrons. The van der Waals surface area contributed by atoms with E-state index in [4.69, 9.17) is 0 Å². The van der Waals surface area contributed by atoms with E-state index in [-0.39, 0.29) is 6.04 Å². The highest BCUT2D eigenvalue weighted by molar-refractivity contribution is 5.74. The quantitative estimate of drug-likeness (QED) is 0.739. The van der Waals surface area contributed by atoms with Crippen molar-refractivity contribution in [1.29, 1.82) is 0 Å². The van der Waals surface area contributed by atoms with E-state index < -0.39 is 5.97 Å². The Morgan fingerprint density at radius 1 is 1.27 bits per heavy atom. The molecule has 1 heterocycles. The second kappa shape index (κ2) is 4.49. The second-order valence-electron chi connectivity index (χ2n) is 4.81. The number of carbonyl (C=O) groups is 1. The van der Waals surface area contributed by atoms with Crippen LogP contribution in [-0.2, 0) is 4.79 Å². The lowest BCUT2D eigenvalue weighted by molar-refractivity contribution is -0.144. The van der Waals surface area contributed by atoms with Crippen molar-refractivity contribution < 1.29 is 9.90 Å². The Hall–Kier alpha value is -0.610. The van der Waals surface area contributed by atoms with Gasteiger partial charge in [0.1, 0.15) is 6.04 Å². The lowest BCUT2D eigenvalue weighted by Crippen LogP contribution is -2.44. The number of nitrogens with zero attached hydrogens (tertiary/aromatic N) is 2. The Labute approximate surface area is 90.9 Å². The van der Waals surface area contributed by atoms with E-state index in [1.54, 1.807) is 0 Å². The van der Waals surface area contributed by atoms with Crippen LogP contribution in [0.15, 0.2) is 0 Å². The highest BCUT2D eigenvalue weighted by Gasteiger charge is 2.40. The van der Waals surface area contributed by atoms with Crippen molar-refractivity contribution in [3.63, 3.8) is 0 Å². The summed E-state index contributed by atoms with van der Waals surface area (Å²) in [6, 6.07) is -0.212. The second-order valence-corrected chi connectivity index (χ2v) is 4.81. The van der Waals surface area contributed by atoms with Gasteiger partial charge in [0, 0.05) is 19.6 Å². The molecule has 4 heteroatoms. The van der Waals surface area contributed by atoms with Gasteiger partial charge in [0.05, 0.1) is 0 Å². The average molecular weight is 212 g/mol. The molecule has 2 rings (SSSR count). The number of hydrogen-bond acceptors (Lipinski definition) is 3. The Morgan fingerprint density at radius 2 is 2.00 bits per heavy atom. The highest BCUT2D eigenvalue weighted by atomic mass is 16.4. The van der Waals surface area contributed by atoms with E-state index in [9.17, 15) is 9.90 Å². The first-order chi connectivity index (χ1) is 7.18. The molecule has 0 aromatic heterocycles. The van der Waals surface area contributed by atoms with Gasteiger partial charge in [-0.3, -0.25) is 9.69 Å². The van der Waals surface area contributed by atoms with Crippen LogP contribution in [0.1, 0.15) is 19.3 Å². The third-order valence-electron chi connectivity index (χ3n) is 3.47. The van der Waals surface area contributed by atoms with Gasteiger partial charge in [0.25, 0.3) is 0 Å². The molecule has 0 bridgehead atoms. The molecule has 15 heavy (non-hydrogen) atoms. The molecular formula is C11H20N2O2. The molecule has 2 aliphatic rings. The van der Waals surface area contributed by atoms with Gasteiger partial charge in [0.15, 0.2) is 0 Å². The van der Waals surface area contributed by atoms with Crippen LogP contribution >= 0.6 is 0 Å². The molecule has 1 N–H and O–H groups in total. The molecule has 1 saturated heterocycles. The monoisotopic (exact) mass is 212 g/mol. The van der Waals surface area contributed by atoms with E-state index in [2.05, 4.69) is 16.8 Å². The van der Waals surface area contributed by atoms with Gasteiger partial charge in [-0.2, -0.15) is 0 Å². The number of aliphatic carboxylic acids is 1. The first-order valence-electron chi connectivity index (χ1n) is 5.84. The molecule has 2 fully saturated rings. The fourth-order valence-electron chi connectivity index (χ4n) is 2.41. The van der Waals surface area contributed by atoms with Crippen LogP contribution in [0.2, 0.25) is 0 Å². The van der Waals surface area contributed by atoms with Gasteiger partial charge in [-0.1, -0.05) is 0 Å². The number of likely N-dealkylation sites (N-methyl/N-ethyl adjacent to an activating group) is 1. The minimum atomic E-state index is -0.623. The van der Waals surface area contributed by atoms with E-state index in [1.807, 2.05) is 0 Å². The Bertz CT molecular complexity index is 241. The molecule has 4 nitrogen and oxygen atoms in total. The first kappa shape index (κ1) is 10.9. The predicted molar refractivity (Wildman–Crippen MR) is 57.8 cm³/mol. The van der Waals surface area contributed by atoms with Crippen molar-refractivity contribution >= 4 is 5.97 Å². The molecule has 0 spiro atoms. The predicted octanol–water partition coefficient (Wildman–Crippen LogP) is 0.487. The molecule has 0 aromatic rings. The summed E-state index contributed by atoms with van der Waals surface area (Å²) in [6.45, 7) is 3.94. The largest absolute Gasteiger partial charge is 0.480 e.